The fraction of sp³-hybridized carbons (Fsp3) is 0.0556. The van der Waals surface area contributed by atoms with Crippen molar-refractivity contribution >= 4 is 52.3 Å². The smallest absolute Gasteiger partial charge is 0.290 e. The first-order valence-corrected chi connectivity index (χ1v) is 9.39. The van der Waals surface area contributed by atoms with Gasteiger partial charge in [-0.1, -0.05) is 12.1 Å². The average molecular weight is 370 g/mol. The third-order valence-corrected chi connectivity index (χ3v) is 5.01. The molecule has 2 aromatic carbocycles. The molecule has 2 N–H and O–H groups in total. The van der Waals surface area contributed by atoms with Gasteiger partial charge >= 0.3 is 0 Å². The van der Waals surface area contributed by atoms with Gasteiger partial charge in [0.25, 0.3) is 17.1 Å². The minimum Gasteiger partial charge on any atom is -0.322 e. The van der Waals surface area contributed by atoms with Crippen molar-refractivity contribution in [3.05, 3.63) is 64.6 Å². The Kier molecular flexibility index (Phi) is 5.25. The summed E-state index contributed by atoms with van der Waals surface area (Å²) in [7, 11) is 0. The highest BCUT2D eigenvalue weighted by Crippen LogP contribution is 2.25. The molecule has 5 nitrogen and oxygen atoms in total. The van der Waals surface area contributed by atoms with Crippen LogP contribution in [0.2, 0.25) is 0 Å². The number of amides is 3. The second kappa shape index (κ2) is 7.58. The molecule has 0 unspecified atom stereocenters. The number of hydrogen-bond acceptors (Lipinski definition) is 5. The number of anilines is 1. The Morgan fingerprint density at radius 3 is 2.32 bits per heavy atom. The monoisotopic (exact) mass is 370 g/mol. The van der Waals surface area contributed by atoms with Crippen LogP contribution in [0.5, 0.6) is 0 Å². The second-order valence-corrected chi connectivity index (χ2v) is 7.05. The molecule has 7 heteroatoms. The van der Waals surface area contributed by atoms with Gasteiger partial charge in [0.05, 0.1) is 4.91 Å². The van der Waals surface area contributed by atoms with E-state index in [0.29, 0.717) is 10.5 Å². The molecule has 1 aliphatic heterocycles. The maximum absolute atomic E-state index is 12.3. The van der Waals surface area contributed by atoms with Crippen molar-refractivity contribution in [2.75, 3.05) is 11.6 Å². The zero-order chi connectivity index (χ0) is 17.8. The summed E-state index contributed by atoms with van der Waals surface area (Å²) in [6.07, 6.45) is 3.61. The van der Waals surface area contributed by atoms with Gasteiger partial charge in [-0.05, 0) is 66.1 Å². The molecule has 1 saturated heterocycles. The number of benzene rings is 2. The maximum atomic E-state index is 12.3. The van der Waals surface area contributed by atoms with E-state index < -0.39 is 5.91 Å². The van der Waals surface area contributed by atoms with E-state index in [1.54, 1.807) is 42.1 Å². The lowest BCUT2D eigenvalue weighted by molar-refractivity contribution is -0.115. The van der Waals surface area contributed by atoms with Gasteiger partial charge in [-0.15, -0.1) is 11.8 Å². The Hall–Kier alpha value is -2.51. The van der Waals surface area contributed by atoms with Crippen molar-refractivity contribution in [3.8, 4) is 0 Å². The Labute approximate surface area is 153 Å². The van der Waals surface area contributed by atoms with E-state index in [1.807, 2.05) is 30.5 Å². The van der Waals surface area contributed by atoms with Crippen LogP contribution in [-0.2, 0) is 4.79 Å². The standard InChI is InChI=1S/C18H14N2O3S2/c1-24-14-8-6-13(7-9-14)19-16(21)12-4-2-11(3-5-12)10-15-17(22)20-18(23)25-15/h2-10H,1H3,(H,19,21)(H,20,22,23). The first-order valence-electron chi connectivity index (χ1n) is 7.35. The molecule has 1 aliphatic rings. The molecule has 126 valence electrons. The highest BCUT2D eigenvalue weighted by atomic mass is 32.2. The van der Waals surface area contributed by atoms with Crippen LogP contribution in [0.3, 0.4) is 0 Å². The normalized spacial score (nSPS) is 15.3. The lowest BCUT2D eigenvalue weighted by atomic mass is 10.1. The molecule has 0 aromatic heterocycles. The number of carbonyl (C=O) groups excluding carboxylic acids is 3. The largest absolute Gasteiger partial charge is 0.322 e. The van der Waals surface area contributed by atoms with E-state index in [4.69, 9.17) is 0 Å². The summed E-state index contributed by atoms with van der Waals surface area (Å²) in [6, 6.07) is 14.4. The number of carbonyl (C=O) groups is 3. The summed E-state index contributed by atoms with van der Waals surface area (Å²) in [4.78, 5) is 36.4. The maximum Gasteiger partial charge on any atom is 0.290 e. The third-order valence-electron chi connectivity index (χ3n) is 3.46. The lowest BCUT2D eigenvalue weighted by Gasteiger charge is -2.06. The Balaban J connectivity index is 1.69. The topological polar surface area (TPSA) is 75.3 Å². The Bertz CT molecular complexity index is 859. The van der Waals surface area contributed by atoms with E-state index in [1.165, 1.54) is 0 Å². The zero-order valence-corrected chi connectivity index (χ0v) is 14.9. The predicted octanol–water partition coefficient (Wildman–Crippen LogP) is 3.98. The second-order valence-electron chi connectivity index (χ2n) is 5.16. The molecule has 1 heterocycles. The van der Waals surface area contributed by atoms with Crippen LogP contribution < -0.4 is 10.6 Å². The number of nitrogens with one attached hydrogen (secondary N) is 2. The first-order chi connectivity index (χ1) is 12.0. The van der Waals surface area contributed by atoms with Crippen molar-refractivity contribution in [1.82, 2.24) is 5.32 Å². The van der Waals surface area contributed by atoms with Crippen LogP contribution in [0.4, 0.5) is 10.5 Å². The highest BCUT2D eigenvalue weighted by molar-refractivity contribution is 8.18. The van der Waals surface area contributed by atoms with Gasteiger partial charge in [-0.3, -0.25) is 19.7 Å². The molecule has 3 amide bonds. The van der Waals surface area contributed by atoms with Gasteiger partial charge < -0.3 is 5.32 Å². The molecular weight excluding hydrogens is 356 g/mol. The zero-order valence-electron chi connectivity index (χ0n) is 13.2. The summed E-state index contributed by atoms with van der Waals surface area (Å²) >= 11 is 2.50. The van der Waals surface area contributed by atoms with E-state index >= 15 is 0 Å². The SMILES string of the molecule is CSc1ccc(NC(=O)c2ccc(C=C3SC(=O)NC3=O)cc2)cc1. The van der Waals surface area contributed by atoms with Gasteiger partial charge in [0.15, 0.2) is 0 Å². The third kappa shape index (κ3) is 4.32. The summed E-state index contributed by atoms with van der Waals surface area (Å²) < 4.78 is 0. The van der Waals surface area contributed by atoms with Crippen molar-refractivity contribution in [1.29, 1.82) is 0 Å². The van der Waals surface area contributed by atoms with E-state index in [0.717, 1.165) is 27.9 Å². The van der Waals surface area contributed by atoms with Crippen LogP contribution in [0.15, 0.2) is 58.3 Å². The minimum absolute atomic E-state index is 0.209. The summed E-state index contributed by atoms with van der Waals surface area (Å²) in [6.45, 7) is 0. The number of thioether (sulfide) groups is 2. The lowest BCUT2D eigenvalue weighted by Crippen LogP contribution is -2.17. The van der Waals surface area contributed by atoms with Crippen molar-refractivity contribution in [2.24, 2.45) is 0 Å². The molecule has 0 spiro atoms. The molecule has 3 rings (SSSR count). The van der Waals surface area contributed by atoms with Crippen molar-refractivity contribution in [3.63, 3.8) is 0 Å². The molecule has 0 radical (unpaired) electrons. The Morgan fingerprint density at radius 1 is 1.08 bits per heavy atom. The summed E-state index contributed by atoms with van der Waals surface area (Å²) in [5.74, 6) is -0.607. The minimum atomic E-state index is -0.398. The molecule has 0 atom stereocenters. The van der Waals surface area contributed by atoms with Gasteiger partial charge in [-0.2, -0.15) is 0 Å². The number of imide groups is 1. The number of hydrogen-bond donors (Lipinski definition) is 2. The molecule has 0 bridgehead atoms. The Morgan fingerprint density at radius 2 is 1.76 bits per heavy atom. The van der Waals surface area contributed by atoms with Crippen LogP contribution in [0, 0.1) is 0 Å². The van der Waals surface area contributed by atoms with Gasteiger partial charge in [0.1, 0.15) is 0 Å². The van der Waals surface area contributed by atoms with Gasteiger partial charge in [0, 0.05) is 16.1 Å². The molecule has 25 heavy (non-hydrogen) atoms. The van der Waals surface area contributed by atoms with Gasteiger partial charge in [-0.25, -0.2) is 0 Å². The quantitative estimate of drug-likeness (QED) is 0.629. The number of rotatable bonds is 4. The highest BCUT2D eigenvalue weighted by Gasteiger charge is 2.24. The molecule has 0 aliphatic carbocycles. The van der Waals surface area contributed by atoms with Crippen LogP contribution in [-0.4, -0.2) is 23.3 Å². The average Bonchev–Trinajstić information content (AvgIpc) is 2.93. The predicted molar refractivity (Wildman–Crippen MR) is 102 cm³/mol. The fourth-order valence-corrected chi connectivity index (χ4v) is 3.27. The summed E-state index contributed by atoms with van der Waals surface area (Å²) in [5, 5.41) is 4.67. The van der Waals surface area contributed by atoms with Crippen LogP contribution in [0.25, 0.3) is 6.08 Å². The van der Waals surface area contributed by atoms with E-state index in [2.05, 4.69) is 10.6 Å². The van der Waals surface area contributed by atoms with Gasteiger partial charge in [0.2, 0.25) is 0 Å². The van der Waals surface area contributed by atoms with E-state index in [-0.39, 0.29) is 11.1 Å². The van der Waals surface area contributed by atoms with Crippen LogP contribution >= 0.6 is 23.5 Å². The van der Waals surface area contributed by atoms with E-state index in [9.17, 15) is 14.4 Å². The van der Waals surface area contributed by atoms with Crippen LogP contribution in [0.1, 0.15) is 15.9 Å². The van der Waals surface area contributed by atoms with Crippen molar-refractivity contribution < 1.29 is 14.4 Å². The first kappa shape index (κ1) is 17.3. The summed E-state index contributed by atoms with van der Waals surface area (Å²) in [5.41, 5.74) is 1.98. The molecule has 1 fully saturated rings. The van der Waals surface area contributed by atoms with Crippen molar-refractivity contribution in [2.45, 2.75) is 4.90 Å². The molecule has 2 aromatic rings. The molecule has 0 saturated carbocycles. The fourth-order valence-electron chi connectivity index (χ4n) is 2.18. The molecular formula is C18H14N2O3S2.